The molecule has 1 aliphatic rings. The maximum absolute atomic E-state index is 9.12. The van der Waals surface area contributed by atoms with Gasteiger partial charge < -0.3 is 9.99 Å². The van der Waals surface area contributed by atoms with Gasteiger partial charge in [-0.15, -0.1) is 0 Å². The SMILES string of the molecule is N#Cc1cccc2c1[nH]c(=S)n2N1CCCCC1. The van der Waals surface area contributed by atoms with E-state index < -0.39 is 0 Å². The lowest BCUT2D eigenvalue weighted by Crippen LogP contribution is -2.39. The van der Waals surface area contributed by atoms with Gasteiger partial charge in [0.15, 0.2) is 4.77 Å². The van der Waals surface area contributed by atoms with Crippen molar-refractivity contribution in [1.82, 2.24) is 9.66 Å². The highest BCUT2D eigenvalue weighted by molar-refractivity contribution is 7.71. The molecular formula is C13H14N4S. The van der Waals surface area contributed by atoms with Crippen LogP contribution in [0.3, 0.4) is 0 Å². The van der Waals surface area contributed by atoms with Crippen molar-refractivity contribution in [2.45, 2.75) is 19.3 Å². The van der Waals surface area contributed by atoms with E-state index >= 15 is 0 Å². The third-order valence-electron chi connectivity index (χ3n) is 3.43. The zero-order valence-electron chi connectivity index (χ0n) is 10.0. The summed E-state index contributed by atoms with van der Waals surface area (Å²) in [6.07, 6.45) is 3.69. The number of rotatable bonds is 1. The molecule has 1 saturated heterocycles. The minimum Gasteiger partial charge on any atom is -0.328 e. The fourth-order valence-corrected chi connectivity index (χ4v) is 2.88. The highest BCUT2D eigenvalue weighted by atomic mass is 32.1. The summed E-state index contributed by atoms with van der Waals surface area (Å²) < 4.78 is 2.72. The Morgan fingerprint density at radius 2 is 2.00 bits per heavy atom. The molecule has 0 bridgehead atoms. The molecule has 3 rings (SSSR count). The van der Waals surface area contributed by atoms with Gasteiger partial charge >= 0.3 is 0 Å². The molecular weight excluding hydrogens is 244 g/mol. The Morgan fingerprint density at radius 1 is 1.22 bits per heavy atom. The van der Waals surface area contributed by atoms with Crippen molar-refractivity contribution in [3.63, 3.8) is 0 Å². The van der Waals surface area contributed by atoms with Crippen LogP contribution in [0.15, 0.2) is 18.2 Å². The van der Waals surface area contributed by atoms with Gasteiger partial charge in [-0.3, -0.25) is 0 Å². The summed E-state index contributed by atoms with van der Waals surface area (Å²) in [7, 11) is 0. The molecule has 1 aromatic carbocycles. The number of hydrogen-bond donors (Lipinski definition) is 1. The topological polar surface area (TPSA) is 47.8 Å². The van der Waals surface area contributed by atoms with Crippen molar-refractivity contribution in [3.8, 4) is 6.07 Å². The van der Waals surface area contributed by atoms with Gasteiger partial charge in [0.05, 0.1) is 16.6 Å². The van der Waals surface area contributed by atoms with Crippen molar-refractivity contribution in [2.75, 3.05) is 18.1 Å². The minimum atomic E-state index is 0.648. The van der Waals surface area contributed by atoms with E-state index in [0.717, 1.165) is 24.1 Å². The summed E-state index contributed by atoms with van der Waals surface area (Å²) in [4.78, 5) is 3.16. The van der Waals surface area contributed by atoms with Crippen LogP contribution >= 0.6 is 12.2 Å². The van der Waals surface area contributed by atoms with E-state index in [1.54, 1.807) is 0 Å². The van der Waals surface area contributed by atoms with Crippen LogP contribution in [0.4, 0.5) is 0 Å². The first-order valence-electron chi connectivity index (χ1n) is 6.20. The maximum Gasteiger partial charge on any atom is 0.197 e. The second-order valence-electron chi connectivity index (χ2n) is 4.57. The van der Waals surface area contributed by atoms with E-state index in [4.69, 9.17) is 17.5 Å². The lowest BCUT2D eigenvalue weighted by Gasteiger charge is -2.29. The summed E-state index contributed by atoms with van der Waals surface area (Å²) in [5, 5.41) is 11.4. The molecule has 1 aliphatic heterocycles. The molecule has 2 aromatic rings. The van der Waals surface area contributed by atoms with Crippen LogP contribution < -0.4 is 5.01 Å². The van der Waals surface area contributed by atoms with Gasteiger partial charge in [0.2, 0.25) is 0 Å². The van der Waals surface area contributed by atoms with Crippen LogP contribution in [0, 0.1) is 16.1 Å². The minimum absolute atomic E-state index is 0.648. The number of para-hydroxylation sites is 1. The van der Waals surface area contributed by atoms with Gasteiger partial charge in [0.25, 0.3) is 0 Å². The van der Waals surface area contributed by atoms with Gasteiger partial charge in [-0.05, 0) is 43.6 Å². The van der Waals surface area contributed by atoms with Crippen LogP contribution in [-0.4, -0.2) is 22.7 Å². The standard InChI is InChI=1S/C13H14N4S/c14-9-10-5-4-6-11-12(10)15-13(18)17(11)16-7-2-1-3-8-16/h4-6H,1-3,7-8H2,(H,15,18). The zero-order chi connectivity index (χ0) is 12.5. The summed E-state index contributed by atoms with van der Waals surface area (Å²) >= 11 is 5.40. The number of H-pyrrole nitrogens is 1. The number of nitrogens with zero attached hydrogens (tertiary/aromatic N) is 3. The molecule has 0 unspecified atom stereocenters. The first-order chi connectivity index (χ1) is 8.81. The van der Waals surface area contributed by atoms with Gasteiger partial charge in [0, 0.05) is 13.1 Å². The highest BCUT2D eigenvalue weighted by Gasteiger charge is 2.15. The van der Waals surface area contributed by atoms with Gasteiger partial charge in [0.1, 0.15) is 6.07 Å². The van der Waals surface area contributed by atoms with Crippen LogP contribution in [-0.2, 0) is 0 Å². The number of fused-ring (bicyclic) bond motifs is 1. The Bertz CT molecular complexity index is 670. The average molecular weight is 258 g/mol. The van der Waals surface area contributed by atoms with E-state index in [2.05, 4.69) is 16.1 Å². The maximum atomic E-state index is 9.12. The lowest BCUT2D eigenvalue weighted by atomic mass is 10.2. The van der Waals surface area contributed by atoms with Crippen molar-refractivity contribution < 1.29 is 0 Å². The smallest absolute Gasteiger partial charge is 0.197 e. The molecule has 1 N–H and O–H groups in total. The first-order valence-corrected chi connectivity index (χ1v) is 6.61. The fourth-order valence-electron chi connectivity index (χ4n) is 2.57. The molecule has 0 saturated carbocycles. The lowest BCUT2D eigenvalue weighted by molar-refractivity contribution is 0.483. The molecule has 0 spiro atoms. The summed E-state index contributed by atoms with van der Waals surface area (Å²) in [5.74, 6) is 0. The predicted octanol–water partition coefficient (Wildman–Crippen LogP) is 2.69. The Balaban J connectivity index is 2.20. The predicted molar refractivity (Wildman–Crippen MR) is 73.6 cm³/mol. The van der Waals surface area contributed by atoms with Gasteiger partial charge in [-0.25, -0.2) is 4.68 Å². The number of hydrogen-bond acceptors (Lipinski definition) is 3. The monoisotopic (exact) mass is 258 g/mol. The van der Waals surface area contributed by atoms with Gasteiger partial charge in [-0.2, -0.15) is 5.26 Å². The molecule has 0 radical (unpaired) electrons. The number of aromatic amines is 1. The van der Waals surface area contributed by atoms with E-state index in [9.17, 15) is 0 Å². The second-order valence-corrected chi connectivity index (χ2v) is 4.95. The molecule has 18 heavy (non-hydrogen) atoms. The number of imidazole rings is 1. The van der Waals surface area contributed by atoms with Crippen molar-refractivity contribution in [1.29, 1.82) is 5.26 Å². The summed E-state index contributed by atoms with van der Waals surface area (Å²) in [6.45, 7) is 2.05. The molecule has 2 heterocycles. The third kappa shape index (κ3) is 1.70. The second kappa shape index (κ2) is 4.46. The number of piperidine rings is 1. The van der Waals surface area contributed by atoms with Crippen molar-refractivity contribution >= 4 is 23.3 Å². The van der Waals surface area contributed by atoms with Crippen LogP contribution in [0.2, 0.25) is 0 Å². The molecule has 1 fully saturated rings. The Kier molecular flexibility index (Phi) is 2.80. The zero-order valence-corrected chi connectivity index (χ0v) is 10.8. The van der Waals surface area contributed by atoms with E-state index in [1.165, 1.54) is 19.3 Å². The third-order valence-corrected chi connectivity index (χ3v) is 3.71. The number of nitriles is 1. The van der Waals surface area contributed by atoms with Crippen LogP contribution in [0.5, 0.6) is 0 Å². The average Bonchev–Trinajstić information content (AvgIpc) is 2.75. The largest absolute Gasteiger partial charge is 0.328 e. The summed E-state index contributed by atoms with van der Waals surface area (Å²) in [6, 6.07) is 7.94. The van der Waals surface area contributed by atoms with Crippen LogP contribution in [0.25, 0.3) is 11.0 Å². The van der Waals surface area contributed by atoms with E-state index in [1.807, 2.05) is 22.9 Å². The van der Waals surface area contributed by atoms with Gasteiger partial charge in [-0.1, -0.05) is 6.07 Å². The normalized spacial score (nSPS) is 15.8. The Morgan fingerprint density at radius 3 is 2.72 bits per heavy atom. The molecule has 1 aromatic heterocycles. The van der Waals surface area contributed by atoms with Crippen molar-refractivity contribution in [3.05, 3.63) is 28.5 Å². The molecule has 0 aliphatic carbocycles. The summed E-state index contributed by atoms with van der Waals surface area (Å²) in [5.41, 5.74) is 2.49. The highest BCUT2D eigenvalue weighted by Crippen LogP contribution is 2.20. The molecule has 4 nitrogen and oxygen atoms in total. The number of nitrogens with one attached hydrogen (secondary N) is 1. The molecule has 0 amide bonds. The number of aromatic nitrogens is 2. The fraction of sp³-hybridized carbons (Fsp3) is 0.385. The van der Waals surface area contributed by atoms with E-state index in [-0.39, 0.29) is 0 Å². The Labute approximate surface area is 110 Å². The number of benzene rings is 1. The van der Waals surface area contributed by atoms with Crippen LogP contribution in [0.1, 0.15) is 24.8 Å². The molecule has 92 valence electrons. The Hall–Kier alpha value is -1.80. The van der Waals surface area contributed by atoms with E-state index in [0.29, 0.717) is 10.3 Å². The quantitative estimate of drug-likeness (QED) is 0.800. The molecule has 5 heteroatoms. The van der Waals surface area contributed by atoms with Crippen molar-refractivity contribution in [2.24, 2.45) is 0 Å². The molecule has 0 atom stereocenters. The first kappa shape index (κ1) is 11.3.